The van der Waals surface area contributed by atoms with E-state index in [2.05, 4.69) is 28.7 Å². The molecular formula is C12H22N4O. The number of nitrogens with zero attached hydrogens (tertiary/aromatic N) is 3. The monoisotopic (exact) mass is 238 g/mol. The van der Waals surface area contributed by atoms with E-state index >= 15 is 0 Å². The highest BCUT2D eigenvalue weighted by atomic mass is 16.1. The fourth-order valence-electron chi connectivity index (χ4n) is 1.61. The zero-order valence-electron chi connectivity index (χ0n) is 11.1. The first-order chi connectivity index (χ1) is 8.00. The van der Waals surface area contributed by atoms with E-state index in [1.165, 1.54) is 0 Å². The van der Waals surface area contributed by atoms with Gasteiger partial charge in [-0.2, -0.15) is 0 Å². The predicted molar refractivity (Wildman–Crippen MR) is 70.5 cm³/mol. The molecule has 96 valence electrons. The topological polar surface area (TPSA) is 52.2 Å². The second-order valence-electron chi connectivity index (χ2n) is 4.89. The van der Waals surface area contributed by atoms with Crippen molar-refractivity contribution in [1.82, 2.24) is 14.9 Å². The fraction of sp³-hybridized carbons (Fsp3) is 0.667. The largest absolute Gasteiger partial charge is 0.350 e. The molecule has 0 amide bonds. The molecule has 17 heavy (non-hydrogen) atoms. The molecule has 0 atom stereocenters. The highest BCUT2D eigenvalue weighted by Gasteiger charge is 2.13. The van der Waals surface area contributed by atoms with E-state index in [0.29, 0.717) is 11.7 Å². The summed E-state index contributed by atoms with van der Waals surface area (Å²) in [6, 6.07) is 0. The van der Waals surface area contributed by atoms with E-state index in [9.17, 15) is 4.79 Å². The second kappa shape index (κ2) is 6.39. The van der Waals surface area contributed by atoms with Gasteiger partial charge in [-0.15, -0.1) is 0 Å². The minimum absolute atomic E-state index is 0.119. The molecule has 0 unspecified atom stereocenters. The van der Waals surface area contributed by atoms with E-state index in [-0.39, 0.29) is 5.56 Å². The van der Waals surface area contributed by atoms with Gasteiger partial charge in [0, 0.05) is 32.0 Å². The minimum Gasteiger partial charge on any atom is -0.350 e. The molecule has 1 aromatic rings. The van der Waals surface area contributed by atoms with E-state index in [0.717, 1.165) is 19.6 Å². The zero-order valence-corrected chi connectivity index (χ0v) is 11.1. The van der Waals surface area contributed by atoms with E-state index < -0.39 is 0 Å². The quantitative estimate of drug-likeness (QED) is 0.796. The smallest absolute Gasteiger partial charge is 0.290 e. The number of nitrogens with one attached hydrogen (secondary N) is 1. The van der Waals surface area contributed by atoms with Crippen LogP contribution in [0.1, 0.15) is 13.8 Å². The summed E-state index contributed by atoms with van der Waals surface area (Å²) in [7, 11) is 4.05. The van der Waals surface area contributed by atoms with Crippen molar-refractivity contribution in [2.45, 2.75) is 13.8 Å². The van der Waals surface area contributed by atoms with Gasteiger partial charge in [0.1, 0.15) is 0 Å². The molecule has 5 heteroatoms. The third kappa shape index (κ3) is 4.56. The number of H-pyrrole nitrogens is 1. The van der Waals surface area contributed by atoms with Gasteiger partial charge in [-0.3, -0.25) is 4.79 Å². The van der Waals surface area contributed by atoms with Crippen LogP contribution in [0.4, 0.5) is 5.82 Å². The minimum atomic E-state index is -0.119. The van der Waals surface area contributed by atoms with E-state index in [4.69, 9.17) is 0 Å². The molecule has 0 radical (unpaired) electrons. The first kappa shape index (κ1) is 13.7. The third-order valence-electron chi connectivity index (χ3n) is 2.39. The Morgan fingerprint density at radius 3 is 2.59 bits per heavy atom. The summed E-state index contributed by atoms with van der Waals surface area (Å²) in [6.45, 7) is 6.83. The maximum atomic E-state index is 11.7. The molecule has 0 fully saturated rings. The van der Waals surface area contributed by atoms with Crippen molar-refractivity contribution in [3.63, 3.8) is 0 Å². The number of likely N-dealkylation sites (N-methyl/N-ethyl adjacent to an activating group) is 1. The van der Waals surface area contributed by atoms with Gasteiger partial charge in [0.05, 0.1) is 0 Å². The first-order valence-corrected chi connectivity index (χ1v) is 5.94. The van der Waals surface area contributed by atoms with Crippen LogP contribution < -0.4 is 10.5 Å². The summed E-state index contributed by atoms with van der Waals surface area (Å²) >= 11 is 0. The summed E-state index contributed by atoms with van der Waals surface area (Å²) < 4.78 is 0. The average Bonchev–Trinajstić information content (AvgIpc) is 2.24. The van der Waals surface area contributed by atoms with Gasteiger partial charge in [0.15, 0.2) is 5.82 Å². The normalized spacial score (nSPS) is 11.2. The Hall–Kier alpha value is -1.36. The Morgan fingerprint density at radius 2 is 2.06 bits per heavy atom. The molecule has 0 spiro atoms. The molecule has 0 aliphatic carbocycles. The van der Waals surface area contributed by atoms with Crippen LogP contribution in [0.25, 0.3) is 0 Å². The summed E-state index contributed by atoms with van der Waals surface area (Å²) in [4.78, 5) is 22.7. The maximum absolute atomic E-state index is 11.7. The second-order valence-corrected chi connectivity index (χ2v) is 4.89. The number of hydrogen-bond donors (Lipinski definition) is 1. The zero-order chi connectivity index (χ0) is 12.8. The number of anilines is 1. The Labute approximate surface area is 102 Å². The average molecular weight is 238 g/mol. The van der Waals surface area contributed by atoms with Gasteiger partial charge in [-0.1, -0.05) is 13.8 Å². The van der Waals surface area contributed by atoms with Crippen molar-refractivity contribution >= 4 is 5.82 Å². The van der Waals surface area contributed by atoms with Crippen LogP contribution in [0.3, 0.4) is 0 Å². The Morgan fingerprint density at radius 1 is 1.35 bits per heavy atom. The van der Waals surface area contributed by atoms with Crippen molar-refractivity contribution < 1.29 is 0 Å². The van der Waals surface area contributed by atoms with Crippen LogP contribution >= 0.6 is 0 Å². The van der Waals surface area contributed by atoms with Crippen LogP contribution in [0, 0.1) is 5.92 Å². The molecule has 1 N–H and O–H groups in total. The number of aromatic amines is 1. The van der Waals surface area contributed by atoms with Crippen molar-refractivity contribution in [2.24, 2.45) is 5.92 Å². The van der Waals surface area contributed by atoms with Crippen molar-refractivity contribution in [2.75, 3.05) is 38.6 Å². The molecule has 0 aliphatic rings. The molecule has 1 heterocycles. The van der Waals surface area contributed by atoms with Crippen LogP contribution in [0.2, 0.25) is 0 Å². The molecule has 0 aliphatic heterocycles. The molecular weight excluding hydrogens is 216 g/mol. The lowest BCUT2D eigenvalue weighted by Crippen LogP contribution is -2.38. The Kier molecular flexibility index (Phi) is 5.15. The maximum Gasteiger partial charge on any atom is 0.290 e. The highest BCUT2D eigenvalue weighted by Crippen LogP contribution is 2.06. The third-order valence-corrected chi connectivity index (χ3v) is 2.39. The van der Waals surface area contributed by atoms with Crippen molar-refractivity contribution in [3.05, 3.63) is 22.7 Å². The van der Waals surface area contributed by atoms with Gasteiger partial charge >= 0.3 is 0 Å². The molecule has 5 nitrogen and oxygen atoms in total. The number of rotatable bonds is 6. The van der Waals surface area contributed by atoms with Gasteiger partial charge in [0.25, 0.3) is 5.56 Å². The lowest BCUT2D eigenvalue weighted by atomic mass is 10.2. The Bertz CT molecular complexity index is 386. The van der Waals surface area contributed by atoms with Crippen LogP contribution in [0.5, 0.6) is 0 Å². The first-order valence-electron chi connectivity index (χ1n) is 5.94. The van der Waals surface area contributed by atoms with Crippen molar-refractivity contribution in [1.29, 1.82) is 0 Å². The Balaban J connectivity index is 2.82. The van der Waals surface area contributed by atoms with Gasteiger partial charge < -0.3 is 14.8 Å². The van der Waals surface area contributed by atoms with Crippen LogP contribution in [-0.4, -0.2) is 48.6 Å². The molecule has 0 saturated carbocycles. The van der Waals surface area contributed by atoms with Crippen LogP contribution in [0.15, 0.2) is 17.2 Å². The number of hydrogen-bond acceptors (Lipinski definition) is 4. The highest BCUT2D eigenvalue weighted by molar-refractivity contribution is 5.35. The summed E-state index contributed by atoms with van der Waals surface area (Å²) in [5.74, 6) is 1.02. The SMILES string of the molecule is CC(C)CN(CCN(C)C)c1ncc[nH]c1=O. The molecule has 1 aromatic heterocycles. The number of aromatic nitrogens is 2. The summed E-state index contributed by atoms with van der Waals surface area (Å²) in [5.41, 5.74) is -0.119. The standard InChI is InChI=1S/C12H22N4O/c1-10(2)9-16(8-7-15(3)4)11-12(17)14-6-5-13-11/h5-6,10H,7-9H2,1-4H3,(H,14,17). The van der Waals surface area contributed by atoms with Crippen LogP contribution in [-0.2, 0) is 0 Å². The lowest BCUT2D eigenvalue weighted by molar-refractivity contribution is 0.408. The van der Waals surface area contributed by atoms with Gasteiger partial charge in [-0.05, 0) is 20.0 Å². The fourth-order valence-corrected chi connectivity index (χ4v) is 1.61. The molecule has 0 aromatic carbocycles. The molecule has 0 saturated heterocycles. The van der Waals surface area contributed by atoms with E-state index in [1.807, 2.05) is 19.0 Å². The van der Waals surface area contributed by atoms with Crippen molar-refractivity contribution in [3.8, 4) is 0 Å². The summed E-state index contributed by atoms with van der Waals surface area (Å²) in [6.07, 6.45) is 3.19. The molecule has 1 rings (SSSR count). The predicted octanol–water partition coefficient (Wildman–Crippen LogP) is 0.794. The molecule has 0 bridgehead atoms. The van der Waals surface area contributed by atoms with Gasteiger partial charge in [0.2, 0.25) is 0 Å². The van der Waals surface area contributed by atoms with Gasteiger partial charge in [-0.25, -0.2) is 4.98 Å². The summed E-state index contributed by atoms with van der Waals surface area (Å²) in [5, 5.41) is 0. The lowest BCUT2D eigenvalue weighted by Gasteiger charge is -2.26. The van der Waals surface area contributed by atoms with E-state index in [1.54, 1.807) is 12.4 Å².